The molecule has 0 aliphatic rings. The van der Waals surface area contributed by atoms with Gasteiger partial charge in [-0.05, 0) is 25.0 Å². The Morgan fingerprint density at radius 1 is 1.38 bits per heavy atom. The summed E-state index contributed by atoms with van der Waals surface area (Å²) in [4.78, 5) is 0. The van der Waals surface area contributed by atoms with Crippen LogP contribution in [0.25, 0.3) is 0 Å². The molecule has 0 fully saturated rings. The van der Waals surface area contributed by atoms with Crippen LogP contribution < -0.4 is 9.47 Å². The second kappa shape index (κ2) is 4.75. The molecule has 0 aromatic heterocycles. The number of ether oxygens (including phenoxy) is 2. The van der Waals surface area contributed by atoms with Gasteiger partial charge in [0, 0.05) is 0 Å². The minimum Gasteiger partial charge on any atom is -0.493 e. The van der Waals surface area contributed by atoms with Crippen molar-refractivity contribution in [3.05, 3.63) is 30.7 Å². The molecule has 1 aromatic carbocycles. The monoisotopic (exact) mass is 179 g/mol. The summed E-state index contributed by atoms with van der Waals surface area (Å²) < 4.78 is 10.7. The molecule has 2 nitrogen and oxygen atoms in total. The molecule has 0 bridgehead atoms. The smallest absolute Gasteiger partial charge is 0.163 e. The molecule has 0 aliphatic carbocycles. The number of hydrogen-bond donors (Lipinski definition) is 0. The Labute approximate surface area is 79.5 Å². The quantitative estimate of drug-likeness (QED) is 0.707. The molecule has 1 aromatic rings. The Kier molecular flexibility index (Phi) is 3.62. The third kappa shape index (κ3) is 2.38. The van der Waals surface area contributed by atoms with Crippen molar-refractivity contribution < 1.29 is 9.47 Å². The standard InChI is InChI=1S/C11H15O2/c1-4-8-13-10-7-5-6-9(2)11(10)12-3/h5-7H,2,4,8H2,1,3H3. The highest BCUT2D eigenvalue weighted by molar-refractivity contribution is 5.47. The van der Waals surface area contributed by atoms with Crippen LogP contribution in [0.3, 0.4) is 0 Å². The van der Waals surface area contributed by atoms with Crippen LogP contribution in [0.5, 0.6) is 11.5 Å². The molecule has 71 valence electrons. The highest BCUT2D eigenvalue weighted by Crippen LogP contribution is 2.30. The van der Waals surface area contributed by atoms with E-state index < -0.39 is 0 Å². The average Bonchev–Trinajstić information content (AvgIpc) is 2.15. The average molecular weight is 179 g/mol. The van der Waals surface area contributed by atoms with E-state index >= 15 is 0 Å². The van der Waals surface area contributed by atoms with Gasteiger partial charge in [-0.3, -0.25) is 0 Å². The van der Waals surface area contributed by atoms with Crippen molar-refractivity contribution in [1.29, 1.82) is 0 Å². The van der Waals surface area contributed by atoms with Crippen molar-refractivity contribution in [3.8, 4) is 11.5 Å². The molecule has 2 heteroatoms. The van der Waals surface area contributed by atoms with Crippen LogP contribution in [-0.4, -0.2) is 13.7 Å². The SMILES string of the molecule is [CH2]c1cccc(OCCC)c1OC. The van der Waals surface area contributed by atoms with E-state index in [1.165, 1.54) is 0 Å². The summed E-state index contributed by atoms with van der Waals surface area (Å²) in [6.07, 6.45) is 0.991. The third-order valence-electron chi connectivity index (χ3n) is 1.73. The molecule has 0 unspecified atom stereocenters. The number of benzene rings is 1. The van der Waals surface area contributed by atoms with Crippen LogP contribution in [-0.2, 0) is 0 Å². The van der Waals surface area contributed by atoms with Gasteiger partial charge in [-0.15, -0.1) is 0 Å². The van der Waals surface area contributed by atoms with E-state index in [4.69, 9.17) is 9.47 Å². The van der Waals surface area contributed by atoms with Crippen molar-refractivity contribution in [1.82, 2.24) is 0 Å². The Morgan fingerprint density at radius 2 is 2.15 bits per heavy atom. The first-order valence-corrected chi connectivity index (χ1v) is 4.41. The molecule has 13 heavy (non-hydrogen) atoms. The second-order valence-corrected chi connectivity index (χ2v) is 2.80. The van der Waals surface area contributed by atoms with E-state index in [1.54, 1.807) is 7.11 Å². The van der Waals surface area contributed by atoms with E-state index in [1.807, 2.05) is 18.2 Å². The van der Waals surface area contributed by atoms with Gasteiger partial charge in [0.05, 0.1) is 13.7 Å². The van der Waals surface area contributed by atoms with Crippen LogP contribution >= 0.6 is 0 Å². The summed E-state index contributed by atoms with van der Waals surface area (Å²) in [5, 5.41) is 0. The van der Waals surface area contributed by atoms with Crippen molar-refractivity contribution >= 4 is 0 Å². The van der Waals surface area contributed by atoms with Crippen LogP contribution in [0.15, 0.2) is 18.2 Å². The molecule has 0 saturated carbocycles. The molecular weight excluding hydrogens is 164 g/mol. The zero-order valence-corrected chi connectivity index (χ0v) is 8.17. The van der Waals surface area contributed by atoms with Gasteiger partial charge >= 0.3 is 0 Å². The lowest BCUT2D eigenvalue weighted by Crippen LogP contribution is -1.98. The summed E-state index contributed by atoms with van der Waals surface area (Å²) >= 11 is 0. The van der Waals surface area contributed by atoms with E-state index in [0.29, 0.717) is 6.61 Å². The summed E-state index contributed by atoms with van der Waals surface area (Å²) in [7, 11) is 1.63. The number of rotatable bonds is 4. The van der Waals surface area contributed by atoms with Crippen molar-refractivity contribution in [2.45, 2.75) is 13.3 Å². The van der Waals surface area contributed by atoms with Crippen LogP contribution in [0.2, 0.25) is 0 Å². The number of methoxy groups -OCH3 is 1. The highest BCUT2D eigenvalue weighted by atomic mass is 16.5. The normalized spacial score (nSPS) is 9.77. The predicted octanol–water partition coefficient (Wildman–Crippen LogP) is 2.67. The molecule has 0 N–H and O–H groups in total. The molecule has 0 amide bonds. The van der Waals surface area contributed by atoms with E-state index in [2.05, 4.69) is 13.8 Å². The fourth-order valence-corrected chi connectivity index (χ4v) is 1.12. The van der Waals surface area contributed by atoms with Gasteiger partial charge in [-0.25, -0.2) is 0 Å². The molecule has 1 radical (unpaired) electrons. The number of hydrogen-bond acceptors (Lipinski definition) is 2. The molecule has 0 aliphatic heterocycles. The van der Waals surface area contributed by atoms with E-state index in [-0.39, 0.29) is 0 Å². The van der Waals surface area contributed by atoms with Crippen LogP contribution in [0.1, 0.15) is 18.9 Å². The maximum absolute atomic E-state index is 5.49. The summed E-state index contributed by atoms with van der Waals surface area (Å²) in [5.74, 6) is 1.51. The first-order valence-electron chi connectivity index (χ1n) is 4.41. The lowest BCUT2D eigenvalue weighted by molar-refractivity contribution is 0.294. The number of para-hydroxylation sites is 1. The lowest BCUT2D eigenvalue weighted by Gasteiger charge is -2.11. The van der Waals surface area contributed by atoms with Gasteiger partial charge in [-0.1, -0.05) is 19.1 Å². The van der Waals surface area contributed by atoms with Crippen LogP contribution in [0.4, 0.5) is 0 Å². The zero-order chi connectivity index (χ0) is 9.68. The predicted molar refractivity (Wildman–Crippen MR) is 53.2 cm³/mol. The molecule has 0 heterocycles. The summed E-state index contributed by atoms with van der Waals surface area (Å²) in [6, 6.07) is 5.71. The van der Waals surface area contributed by atoms with Gasteiger partial charge in [0.25, 0.3) is 0 Å². The lowest BCUT2D eigenvalue weighted by atomic mass is 10.2. The largest absolute Gasteiger partial charge is 0.493 e. The van der Waals surface area contributed by atoms with Gasteiger partial charge in [0.1, 0.15) is 0 Å². The maximum atomic E-state index is 5.49. The summed E-state index contributed by atoms with van der Waals surface area (Å²) in [6.45, 7) is 6.63. The van der Waals surface area contributed by atoms with Gasteiger partial charge in [0.15, 0.2) is 11.5 Å². The molecular formula is C11H15O2. The van der Waals surface area contributed by atoms with Gasteiger partial charge < -0.3 is 9.47 Å². The highest BCUT2D eigenvalue weighted by Gasteiger charge is 2.05. The Hall–Kier alpha value is -1.18. The minimum atomic E-state index is 0.708. The van der Waals surface area contributed by atoms with Gasteiger partial charge in [-0.2, -0.15) is 0 Å². The fraction of sp³-hybridized carbons (Fsp3) is 0.364. The van der Waals surface area contributed by atoms with Crippen LogP contribution in [0, 0.1) is 6.92 Å². The third-order valence-corrected chi connectivity index (χ3v) is 1.73. The fourth-order valence-electron chi connectivity index (χ4n) is 1.12. The minimum absolute atomic E-state index is 0.708. The molecule has 0 saturated heterocycles. The summed E-state index contributed by atoms with van der Waals surface area (Å²) in [5.41, 5.74) is 0.858. The van der Waals surface area contributed by atoms with Crippen molar-refractivity contribution in [2.24, 2.45) is 0 Å². The Bertz CT molecular complexity index is 269. The Balaban J connectivity index is 2.85. The maximum Gasteiger partial charge on any atom is 0.163 e. The molecule has 1 rings (SSSR count). The topological polar surface area (TPSA) is 18.5 Å². The second-order valence-electron chi connectivity index (χ2n) is 2.80. The Morgan fingerprint density at radius 3 is 2.77 bits per heavy atom. The van der Waals surface area contributed by atoms with Crippen molar-refractivity contribution in [3.63, 3.8) is 0 Å². The zero-order valence-electron chi connectivity index (χ0n) is 8.17. The first kappa shape index (κ1) is 9.90. The first-order chi connectivity index (χ1) is 6.29. The van der Waals surface area contributed by atoms with Crippen molar-refractivity contribution in [2.75, 3.05) is 13.7 Å². The molecule has 0 atom stereocenters. The molecule has 0 spiro atoms. The van der Waals surface area contributed by atoms with E-state index in [9.17, 15) is 0 Å². The van der Waals surface area contributed by atoms with Gasteiger partial charge in [0.2, 0.25) is 0 Å². The van der Waals surface area contributed by atoms with E-state index in [0.717, 1.165) is 23.5 Å².